The van der Waals surface area contributed by atoms with Crippen LogP contribution < -0.4 is 10.3 Å². The third-order valence-electron chi connectivity index (χ3n) is 4.73. The fourth-order valence-electron chi connectivity index (χ4n) is 2.92. The molecule has 0 spiro atoms. The first-order chi connectivity index (χ1) is 14.1. The fraction of sp³-hybridized carbons (Fsp3) is 0.364. The Bertz CT molecular complexity index is 1150. The van der Waals surface area contributed by atoms with Crippen LogP contribution in [0.5, 0.6) is 5.75 Å². The number of aromatic nitrogens is 3. The van der Waals surface area contributed by atoms with Crippen LogP contribution in [0.15, 0.2) is 35.4 Å². The lowest BCUT2D eigenvalue weighted by Crippen LogP contribution is -2.27. The van der Waals surface area contributed by atoms with Gasteiger partial charge in [-0.1, -0.05) is 12.1 Å². The first-order valence-electron chi connectivity index (χ1n) is 9.59. The summed E-state index contributed by atoms with van der Waals surface area (Å²) < 4.78 is 11.7. The number of rotatable bonds is 5. The molecular formula is C22H25N3O5. The largest absolute Gasteiger partial charge is 0.465 e. The van der Waals surface area contributed by atoms with E-state index in [2.05, 4.69) is 9.97 Å². The summed E-state index contributed by atoms with van der Waals surface area (Å²) in [6, 6.07) is 7.01. The summed E-state index contributed by atoms with van der Waals surface area (Å²) in [6.07, 6.45) is 2.04. The molecular weight excluding hydrogens is 386 g/mol. The second-order valence-corrected chi connectivity index (χ2v) is 8.12. The number of aromatic amines is 1. The predicted molar refractivity (Wildman–Crippen MR) is 112 cm³/mol. The molecule has 0 radical (unpaired) electrons. The lowest BCUT2D eigenvalue weighted by atomic mass is 9.97. The smallest absolute Gasteiger partial charge is 0.337 e. The van der Waals surface area contributed by atoms with Crippen molar-refractivity contribution in [3.8, 4) is 5.75 Å². The molecule has 1 aromatic carbocycles. The molecule has 0 unspecified atom stereocenters. The molecule has 0 saturated carbocycles. The number of benzene rings is 1. The van der Waals surface area contributed by atoms with Gasteiger partial charge in [0.05, 0.1) is 30.1 Å². The van der Waals surface area contributed by atoms with Crippen LogP contribution in [0, 0.1) is 12.3 Å². The molecule has 2 aromatic heterocycles. The van der Waals surface area contributed by atoms with Crippen molar-refractivity contribution < 1.29 is 19.1 Å². The van der Waals surface area contributed by atoms with Crippen LogP contribution in [0.3, 0.4) is 0 Å². The van der Waals surface area contributed by atoms with Crippen LogP contribution >= 0.6 is 0 Å². The van der Waals surface area contributed by atoms with Crippen LogP contribution in [0.4, 0.5) is 0 Å². The van der Waals surface area contributed by atoms with Crippen LogP contribution in [-0.2, 0) is 22.5 Å². The SMILES string of the molecule is COC(=O)c1ccc(CCn2cnc3[nH]c(C)c(OC(=O)C(C)(C)C)c3c2=O)cc1. The molecule has 0 aliphatic rings. The molecule has 0 atom stereocenters. The summed E-state index contributed by atoms with van der Waals surface area (Å²) in [5, 5.41) is 0.258. The second kappa shape index (κ2) is 8.14. The number of aryl methyl sites for hydroxylation is 3. The standard InChI is InChI=1S/C22H25N3O5/c1-13-17(30-21(28)22(2,3)4)16-18(24-13)23-12-25(19(16)26)11-10-14-6-8-15(9-7-14)20(27)29-5/h6-9,12,24H,10-11H2,1-5H3. The predicted octanol–water partition coefficient (Wildman–Crippen LogP) is 3.01. The number of nitrogens with one attached hydrogen (secondary N) is 1. The number of esters is 2. The summed E-state index contributed by atoms with van der Waals surface area (Å²) in [4.78, 5) is 44.2. The van der Waals surface area contributed by atoms with Gasteiger partial charge in [0, 0.05) is 6.54 Å². The molecule has 0 aliphatic heterocycles. The van der Waals surface area contributed by atoms with Crippen molar-refractivity contribution in [2.24, 2.45) is 5.41 Å². The molecule has 0 aliphatic carbocycles. The van der Waals surface area contributed by atoms with Gasteiger partial charge in [0.2, 0.25) is 0 Å². The number of carbonyl (C=O) groups is 2. The van der Waals surface area contributed by atoms with Gasteiger partial charge >= 0.3 is 11.9 Å². The van der Waals surface area contributed by atoms with E-state index in [0.29, 0.717) is 29.9 Å². The number of hydrogen-bond acceptors (Lipinski definition) is 6. The highest BCUT2D eigenvalue weighted by Crippen LogP contribution is 2.28. The number of carbonyl (C=O) groups excluding carboxylic acids is 2. The third kappa shape index (κ3) is 4.27. The summed E-state index contributed by atoms with van der Waals surface area (Å²) in [7, 11) is 1.33. The topological polar surface area (TPSA) is 103 Å². The average Bonchev–Trinajstić information content (AvgIpc) is 3.02. The van der Waals surface area contributed by atoms with E-state index in [9.17, 15) is 14.4 Å². The minimum Gasteiger partial charge on any atom is -0.465 e. The zero-order chi connectivity index (χ0) is 22.1. The van der Waals surface area contributed by atoms with E-state index < -0.39 is 17.4 Å². The average molecular weight is 411 g/mol. The maximum absolute atomic E-state index is 13.0. The highest BCUT2D eigenvalue weighted by molar-refractivity contribution is 5.89. The third-order valence-corrected chi connectivity index (χ3v) is 4.73. The second-order valence-electron chi connectivity index (χ2n) is 8.12. The minimum absolute atomic E-state index is 0.221. The summed E-state index contributed by atoms with van der Waals surface area (Å²) in [6.45, 7) is 7.38. The van der Waals surface area contributed by atoms with Gasteiger partial charge in [-0.3, -0.25) is 14.2 Å². The molecule has 30 heavy (non-hydrogen) atoms. The first kappa shape index (κ1) is 21.3. The first-order valence-corrected chi connectivity index (χ1v) is 9.59. The van der Waals surface area contributed by atoms with Crippen molar-refractivity contribution in [2.75, 3.05) is 7.11 Å². The number of H-pyrrole nitrogens is 1. The van der Waals surface area contributed by atoms with Crippen LogP contribution in [0.2, 0.25) is 0 Å². The van der Waals surface area contributed by atoms with Crippen LogP contribution in [0.25, 0.3) is 11.0 Å². The van der Waals surface area contributed by atoms with Crippen molar-refractivity contribution >= 4 is 23.0 Å². The maximum Gasteiger partial charge on any atom is 0.337 e. The summed E-state index contributed by atoms with van der Waals surface area (Å²) in [5.74, 6) is -0.598. The van der Waals surface area contributed by atoms with Crippen molar-refractivity contribution in [3.63, 3.8) is 0 Å². The monoisotopic (exact) mass is 411 g/mol. The van der Waals surface area contributed by atoms with E-state index in [1.54, 1.807) is 39.8 Å². The molecule has 3 rings (SSSR count). The van der Waals surface area contributed by atoms with Gasteiger partial charge in [-0.05, 0) is 51.8 Å². The highest BCUT2D eigenvalue weighted by Gasteiger charge is 2.27. The lowest BCUT2D eigenvalue weighted by molar-refractivity contribution is -0.142. The van der Waals surface area contributed by atoms with Crippen LogP contribution in [-0.4, -0.2) is 33.6 Å². The van der Waals surface area contributed by atoms with E-state index in [4.69, 9.17) is 9.47 Å². The Labute approximate surface area is 173 Å². The number of methoxy groups -OCH3 is 1. The van der Waals surface area contributed by atoms with Gasteiger partial charge in [-0.2, -0.15) is 0 Å². The molecule has 158 valence electrons. The van der Waals surface area contributed by atoms with Crippen molar-refractivity contribution in [1.29, 1.82) is 0 Å². The Morgan fingerprint density at radius 1 is 1.17 bits per heavy atom. The maximum atomic E-state index is 13.0. The van der Waals surface area contributed by atoms with E-state index in [0.717, 1.165) is 5.56 Å². The molecule has 0 amide bonds. The molecule has 0 saturated heterocycles. The Morgan fingerprint density at radius 2 is 1.83 bits per heavy atom. The lowest BCUT2D eigenvalue weighted by Gasteiger charge is -2.16. The van der Waals surface area contributed by atoms with Gasteiger partial charge in [-0.25, -0.2) is 9.78 Å². The van der Waals surface area contributed by atoms with E-state index >= 15 is 0 Å². The molecule has 2 heterocycles. The summed E-state index contributed by atoms with van der Waals surface area (Å²) >= 11 is 0. The minimum atomic E-state index is -0.701. The summed E-state index contributed by atoms with van der Waals surface area (Å²) in [5.41, 5.74) is 1.39. The number of ether oxygens (including phenoxy) is 2. The van der Waals surface area contributed by atoms with Gasteiger partial charge < -0.3 is 14.5 Å². The van der Waals surface area contributed by atoms with Crippen molar-refractivity contribution in [2.45, 2.75) is 40.7 Å². The number of fused-ring (bicyclic) bond motifs is 1. The fourth-order valence-corrected chi connectivity index (χ4v) is 2.92. The van der Waals surface area contributed by atoms with E-state index in [-0.39, 0.29) is 16.7 Å². The van der Waals surface area contributed by atoms with Crippen molar-refractivity contribution in [1.82, 2.24) is 14.5 Å². The Hall–Kier alpha value is -3.42. The van der Waals surface area contributed by atoms with E-state index in [1.165, 1.54) is 18.0 Å². The van der Waals surface area contributed by atoms with Crippen molar-refractivity contribution in [3.05, 3.63) is 57.8 Å². The van der Waals surface area contributed by atoms with Gasteiger partial charge in [0.25, 0.3) is 5.56 Å². The molecule has 8 nitrogen and oxygen atoms in total. The number of hydrogen-bond donors (Lipinski definition) is 1. The quantitative estimate of drug-likeness (QED) is 0.648. The zero-order valence-corrected chi connectivity index (χ0v) is 17.7. The Morgan fingerprint density at radius 3 is 2.43 bits per heavy atom. The molecule has 0 bridgehead atoms. The Balaban J connectivity index is 1.86. The normalized spacial score (nSPS) is 11.5. The molecule has 0 fully saturated rings. The van der Waals surface area contributed by atoms with Gasteiger partial charge in [0.1, 0.15) is 11.0 Å². The Kier molecular flexibility index (Phi) is 5.78. The zero-order valence-electron chi connectivity index (χ0n) is 17.7. The van der Waals surface area contributed by atoms with Gasteiger partial charge in [-0.15, -0.1) is 0 Å². The molecule has 3 aromatic rings. The molecule has 1 N–H and O–H groups in total. The molecule has 8 heteroatoms. The van der Waals surface area contributed by atoms with Crippen LogP contribution in [0.1, 0.15) is 42.4 Å². The highest BCUT2D eigenvalue weighted by atomic mass is 16.5. The van der Waals surface area contributed by atoms with Gasteiger partial charge in [0.15, 0.2) is 5.75 Å². The number of nitrogens with zero attached hydrogens (tertiary/aromatic N) is 2. The van der Waals surface area contributed by atoms with E-state index in [1.807, 2.05) is 12.1 Å².